The van der Waals surface area contributed by atoms with Crippen molar-refractivity contribution in [3.63, 3.8) is 0 Å². The van der Waals surface area contributed by atoms with Crippen molar-refractivity contribution >= 4 is 30.1 Å². The summed E-state index contributed by atoms with van der Waals surface area (Å²) < 4.78 is 96.2. The molecule has 0 saturated carbocycles. The zero-order chi connectivity index (χ0) is 52.1. The topological polar surface area (TPSA) is 112 Å². The van der Waals surface area contributed by atoms with Gasteiger partial charge in [-0.15, -0.1) is 0 Å². The number of hydrogen-bond acceptors (Lipinski definition) is 6. The standard InChI is InChI=1S/C57H87N3O6S3.Pd/c1-37(2)46-31-49(40(7)8)55(50(32-46)41(9)10)67(61,62)58-25-19-21-27-59(68(63,64)56-51(42(11)12)33-47(38(3)4)34-52(56)43(13)14)29-23-24-30-60(28-22-20-26-58)69(65,66)57-53(44(15)16)35-48(39(5)6)36-54(57)45(17)18;/h19-24,31-45H,25-30H2,1-18H3;/b21-19+,22-20+,24-23+;. The van der Waals surface area contributed by atoms with Gasteiger partial charge < -0.3 is 0 Å². The second kappa shape index (κ2) is 25.5. The minimum Gasteiger partial charge on any atom is -0.207 e. The molecule has 0 aliphatic carbocycles. The Bertz CT molecular complexity index is 2290. The molecule has 0 unspecified atom stereocenters. The van der Waals surface area contributed by atoms with E-state index in [2.05, 4.69) is 41.5 Å². The Hall–Kier alpha value is -2.73. The summed E-state index contributed by atoms with van der Waals surface area (Å²) in [5.41, 5.74) is 7.76. The molecule has 0 bridgehead atoms. The molecule has 3 aromatic rings. The van der Waals surface area contributed by atoms with Crippen molar-refractivity contribution in [1.82, 2.24) is 12.9 Å². The van der Waals surface area contributed by atoms with Crippen molar-refractivity contribution in [2.75, 3.05) is 39.3 Å². The van der Waals surface area contributed by atoms with E-state index in [9.17, 15) is 0 Å². The Kier molecular flexibility index (Phi) is 22.4. The van der Waals surface area contributed by atoms with Crippen molar-refractivity contribution in [2.24, 2.45) is 0 Å². The third-order valence-electron chi connectivity index (χ3n) is 13.4. The van der Waals surface area contributed by atoms with Crippen LogP contribution in [0.5, 0.6) is 0 Å². The summed E-state index contributed by atoms with van der Waals surface area (Å²) in [7, 11) is -12.5. The van der Waals surface area contributed by atoms with Crippen LogP contribution in [-0.4, -0.2) is 77.4 Å². The Morgan fingerprint density at radius 2 is 0.429 bits per heavy atom. The number of rotatable bonds is 15. The van der Waals surface area contributed by atoms with Crippen LogP contribution in [0.25, 0.3) is 0 Å². The monoisotopic (exact) mass is 1110 g/mol. The second-order valence-corrected chi connectivity index (χ2v) is 27.5. The maximum atomic E-state index is 15.3. The number of sulfonamides is 3. The first-order valence-electron chi connectivity index (χ1n) is 25.5. The molecule has 0 aromatic heterocycles. The Morgan fingerprint density at radius 3 is 0.543 bits per heavy atom. The summed E-state index contributed by atoms with van der Waals surface area (Å²) in [6.45, 7) is 36.7. The maximum Gasteiger partial charge on any atom is 0.244 e. The Balaban J connectivity index is 0.0000130. The van der Waals surface area contributed by atoms with Crippen LogP contribution < -0.4 is 0 Å². The van der Waals surface area contributed by atoms with E-state index in [0.29, 0.717) is 14.7 Å². The fourth-order valence-corrected chi connectivity index (χ4v) is 14.9. The van der Waals surface area contributed by atoms with Crippen LogP contribution in [0.3, 0.4) is 0 Å². The Labute approximate surface area is 440 Å². The summed E-state index contributed by atoms with van der Waals surface area (Å²) in [4.78, 5) is 0.899. The van der Waals surface area contributed by atoms with Gasteiger partial charge in [0.15, 0.2) is 0 Å². The summed E-state index contributed by atoms with van der Waals surface area (Å²) >= 11 is 0. The molecular formula is C57H87N3O6PdS3. The molecular weight excluding hydrogens is 1030 g/mol. The van der Waals surface area contributed by atoms with Gasteiger partial charge in [0.1, 0.15) is 0 Å². The molecule has 0 radical (unpaired) electrons. The van der Waals surface area contributed by atoms with E-state index in [0.717, 1.165) is 50.1 Å². The van der Waals surface area contributed by atoms with E-state index in [1.54, 1.807) is 36.5 Å². The fourth-order valence-electron chi connectivity index (χ4n) is 8.91. The van der Waals surface area contributed by atoms with Gasteiger partial charge in [0.2, 0.25) is 30.1 Å². The molecule has 0 atom stereocenters. The molecule has 1 aliphatic rings. The van der Waals surface area contributed by atoms with E-state index < -0.39 is 30.1 Å². The molecule has 0 saturated heterocycles. The van der Waals surface area contributed by atoms with Gasteiger partial charge in [0, 0.05) is 59.7 Å². The number of hydrogen-bond donors (Lipinski definition) is 0. The van der Waals surface area contributed by atoms with Gasteiger partial charge in [0.25, 0.3) is 0 Å². The smallest absolute Gasteiger partial charge is 0.207 e. The van der Waals surface area contributed by atoms with Crippen LogP contribution in [0, 0.1) is 0 Å². The van der Waals surface area contributed by atoms with Crippen LogP contribution in [0.2, 0.25) is 0 Å². The normalized spacial score (nSPS) is 17.4. The van der Waals surface area contributed by atoms with Crippen LogP contribution >= 0.6 is 0 Å². The molecule has 70 heavy (non-hydrogen) atoms. The zero-order valence-electron chi connectivity index (χ0n) is 45.7. The van der Waals surface area contributed by atoms with E-state index in [4.69, 9.17) is 0 Å². The molecule has 3 aromatic carbocycles. The van der Waals surface area contributed by atoms with Crippen molar-refractivity contribution in [3.8, 4) is 0 Å². The molecule has 0 N–H and O–H groups in total. The summed E-state index contributed by atoms with van der Waals surface area (Å²) in [6, 6.07) is 12.2. The molecule has 9 nitrogen and oxygen atoms in total. The molecule has 4 rings (SSSR count). The van der Waals surface area contributed by atoms with Gasteiger partial charge in [-0.2, -0.15) is 12.9 Å². The minimum atomic E-state index is -4.17. The largest absolute Gasteiger partial charge is 0.244 e. The first-order chi connectivity index (χ1) is 32.0. The zero-order valence-corrected chi connectivity index (χ0v) is 49.7. The van der Waals surface area contributed by atoms with Gasteiger partial charge in [0.05, 0.1) is 14.7 Å². The van der Waals surface area contributed by atoms with Gasteiger partial charge in [-0.3, -0.25) is 0 Å². The minimum absolute atomic E-state index is 0. The first kappa shape index (κ1) is 61.6. The van der Waals surface area contributed by atoms with Crippen molar-refractivity contribution in [1.29, 1.82) is 0 Å². The molecule has 1 aliphatic heterocycles. The van der Waals surface area contributed by atoms with Gasteiger partial charge in [-0.1, -0.05) is 197 Å². The van der Waals surface area contributed by atoms with Crippen molar-refractivity contribution in [2.45, 2.75) is 193 Å². The van der Waals surface area contributed by atoms with Crippen molar-refractivity contribution < 1.29 is 45.7 Å². The van der Waals surface area contributed by atoms with Gasteiger partial charge in [-0.05, 0) is 103 Å². The molecule has 1 heterocycles. The summed E-state index contributed by atoms with van der Waals surface area (Å²) in [5.74, 6) is 0.0345. The van der Waals surface area contributed by atoms with E-state index >= 15 is 25.3 Å². The van der Waals surface area contributed by atoms with Crippen LogP contribution in [0.15, 0.2) is 87.5 Å². The van der Waals surface area contributed by atoms with E-state index in [1.165, 1.54) is 12.9 Å². The fraction of sp³-hybridized carbons (Fsp3) is 0.579. The van der Waals surface area contributed by atoms with Crippen molar-refractivity contribution in [3.05, 3.63) is 123 Å². The molecule has 394 valence electrons. The van der Waals surface area contributed by atoms with Crippen LogP contribution in [0.4, 0.5) is 0 Å². The van der Waals surface area contributed by atoms with Gasteiger partial charge >= 0.3 is 0 Å². The predicted molar refractivity (Wildman–Crippen MR) is 290 cm³/mol. The molecule has 0 amide bonds. The average Bonchev–Trinajstić information content (AvgIpc) is 3.26. The quantitative estimate of drug-likeness (QED) is 0.111. The molecule has 13 heteroatoms. The third kappa shape index (κ3) is 14.1. The van der Waals surface area contributed by atoms with Crippen LogP contribution in [-0.2, 0) is 50.5 Å². The van der Waals surface area contributed by atoms with E-state index in [-0.39, 0.29) is 113 Å². The number of benzene rings is 3. The maximum absolute atomic E-state index is 15.3. The first-order valence-corrected chi connectivity index (χ1v) is 29.8. The number of nitrogens with zero attached hydrogens (tertiary/aromatic N) is 3. The average molecular weight is 1110 g/mol. The van der Waals surface area contributed by atoms with E-state index in [1.807, 2.05) is 119 Å². The summed E-state index contributed by atoms with van der Waals surface area (Å²) in [5, 5.41) is 0. The summed E-state index contributed by atoms with van der Waals surface area (Å²) in [6.07, 6.45) is 10.5. The molecule has 0 spiro atoms. The third-order valence-corrected chi connectivity index (χ3v) is 19.3. The Morgan fingerprint density at radius 1 is 0.286 bits per heavy atom. The molecule has 0 fully saturated rings. The predicted octanol–water partition coefficient (Wildman–Crippen LogP) is 13.8. The second-order valence-electron chi connectivity index (χ2n) is 21.9. The van der Waals surface area contributed by atoms with Crippen LogP contribution in [0.1, 0.15) is 228 Å². The van der Waals surface area contributed by atoms with Gasteiger partial charge in [-0.25, -0.2) is 25.3 Å². The SMILES string of the molecule is CC(C)c1cc(C(C)C)c(S(=O)(=O)N2C/C=C/CN(S(=O)(=O)c3c(C(C)C)cc(C(C)C)cc3C(C)C)C/C=C/CN(S(=O)(=O)c3c(C(C)C)cc(C(C)C)cc3C(C)C)C/C=C/C2)c(C(C)C)c1.[Pd].